The minimum Gasteiger partial charge on any atom is -0.373 e. The van der Waals surface area contributed by atoms with Crippen LogP contribution in [0.3, 0.4) is 0 Å². The van der Waals surface area contributed by atoms with Crippen molar-refractivity contribution in [3.63, 3.8) is 0 Å². The van der Waals surface area contributed by atoms with Gasteiger partial charge in [0.25, 0.3) is 0 Å². The first kappa shape index (κ1) is 23.3. The highest BCUT2D eigenvalue weighted by atomic mass is 28.4. The van der Waals surface area contributed by atoms with Gasteiger partial charge in [-0.3, -0.25) is 0 Å². The van der Waals surface area contributed by atoms with Crippen molar-refractivity contribution in [2.45, 2.75) is 97.8 Å². The molecule has 0 saturated heterocycles. The summed E-state index contributed by atoms with van der Waals surface area (Å²) < 4.78 is 21.5. The van der Waals surface area contributed by atoms with Crippen LogP contribution in [-0.2, 0) is 13.3 Å². The Kier molecular flexibility index (Phi) is 9.32. The molecule has 0 radical (unpaired) electrons. The zero-order valence-corrected chi connectivity index (χ0v) is 20.1. The van der Waals surface area contributed by atoms with Gasteiger partial charge in [-0.15, -0.1) is 0 Å². The first-order chi connectivity index (χ1) is 11.6. The molecule has 150 valence electrons. The lowest BCUT2D eigenvalue weighted by Gasteiger charge is -2.52. The average Bonchev–Trinajstić information content (AvgIpc) is 2.53. The molecule has 0 N–H and O–H groups in total. The fourth-order valence-corrected chi connectivity index (χ4v) is 10.5. The molecule has 1 rings (SSSR count). The predicted molar refractivity (Wildman–Crippen MR) is 111 cm³/mol. The molecule has 1 saturated carbocycles. The van der Waals surface area contributed by atoms with Gasteiger partial charge >= 0.3 is 8.80 Å². The second kappa shape index (κ2) is 9.99. The molecule has 0 atom stereocenters. The quantitative estimate of drug-likeness (QED) is 0.480. The van der Waals surface area contributed by atoms with Crippen molar-refractivity contribution in [1.82, 2.24) is 4.57 Å². The topological polar surface area (TPSA) is 30.9 Å². The minimum absolute atomic E-state index is 0.301. The van der Waals surface area contributed by atoms with Gasteiger partial charge in [0.15, 0.2) is 0 Å². The largest absolute Gasteiger partial charge is 0.515 e. The maximum Gasteiger partial charge on any atom is 0.515 e. The normalized spacial score (nSPS) is 18.1. The van der Waals surface area contributed by atoms with Gasteiger partial charge in [-0.05, 0) is 38.7 Å². The lowest BCUT2D eigenvalue weighted by atomic mass is 9.96. The van der Waals surface area contributed by atoms with Crippen LogP contribution in [0.2, 0.25) is 18.1 Å². The molecule has 4 nitrogen and oxygen atoms in total. The van der Waals surface area contributed by atoms with E-state index in [-0.39, 0.29) is 0 Å². The summed E-state index contributed by atoms with van der Waals surface area (Å²) >= 11 is 0. The molecule has 0 aliphatic heterocycles. The van der Waals surface area contributed by atoms with Crippen LogP contribution in [-0.4, -0.2) is 53.6 Å². The van der Waals surface area contributed by atoms with Gasteiger partial charge in [-0.2, -0.15) is 0 Å². The molecule has 25 heavy (non-hydrogen) atoms. The summed E-state index contributed by atoms with van der Waals surface area (Å²) in [5, 5.41) is 0.301. The lowest BCUT2D eigenvalue weighted by molar-refractivity contribution is 0.0580. The smallest absolute Gasteiger partial charge is 0.373 e. The number of hydrogen-bond donors (Lipinski definition) is 0. The maximum atomic E-state index is 6.21. The molecular weight excluding hydrogens is 346 g/mol. The Bertz CT molecular complexity index is 362. The second-order valence-corrected chi connectivity index (χ2v) is 16.5. The summed E-state index contributed by atoms with van der Waals surface area (Å²) in [6.07, 6.45) is 7.55. The molecule has 0 amide bonds. The van der Waals surface area contributed by atoms with Gasteiger partial charge in [0.1, 0.15) is 8.24 Å². The highest BCUT2D eigenvalue weighted by molar-refractivity contribution is 6.78. The Balaban J connectivity index is 3.19. The lowest BCUT2D eigenvalue weighted by Crippen LogP contribution is -2.66. The minimum atomic E-state index is -2.67. The molecule has 6 heteroatoms. The fraction of sp³-hybridized carbons (Fsp3) is 1.00. The van der Waals surface area contributed by atoms with E-state index in [1.165, 1.54) is 32.1 Å². The van der Waals surface area contributed by atoms with Crippen molar-refractivity contribution in [2.24, 2.45) is 0 Å². The Hall–Kier alpha value is 0.274. The first-order valence-electron chi connectivity index (χ1n) is 10.3. The number of rotatable bonds is 10. The van der Waals surface area contributed by atoms with E-state index in [1.54, 1.807) is 0 Å². The van der Waals surface area contributed by atoms with Crippen LogP contribution in [0.15, 0.2) is 0 Å². The standard InChI is InChI=1S/C19H43NO3Si2/c1-9-21-25(22-10-2,23-11-3)17-20(18-15-13-12-14-16-18)24(7,8)19(4,5)6/h18H,9-17H2,1-8H3. The van der Waals surface area contributed by atoms with Gasteiger partial charge in [-0.25, -0.2) is 0 Å². The molecular formula is C19H43NO3Si2. The molecule has 0 heterocycles. The third-order valence-corrected chi connectivity index (χ3v) is 14.9. The van der Waals surface area contributed by atoms with Gasteiger partial charge < -0.3 is 17.8 Å². The SMILES string of the molecule is CCO[Si](CN(C1CCCCC1)[Si](C)(C)C(C)(C)C)(OCC)OCC. The van der Waals surface area contributed by atoms with E-state index in [0.717, 1.165) is 6.17 Å². The molecule has 0 aromatic carbocycles. The van der Waals surface area contributed by atoms with E-state index < -0.39 is 17.0 Å². The number of hydrogen-bond acceptors (Lipinski definition) is 4. The van der Waals surface area contributed by atoms with E-state index in [0.29, 0.717) is 30.9 Å². The van der Waals surface area contributed by atoms with Gasteiger partial charge in [0.2, 0.25) is 0 Å². The monoisotopic (exact) mass is 389 g/mol. The predicted octanol–water partition coefficient (Wildman–Crippen LogP) is 5.21. The van der Waals surface area contributed by atoms with Crippen LogP contribution in [0.5, 0.6) is 0 Å². The fourth-order valence-electron chi connectivity index (χ4n) is 3.74. The summed E-state index contributed by atoms with van der Waals surface area (Å²) in [5.41, 5.74) is 0. The third-order valence-electron chi connectivity index (χ3n) is 6.03. The van der Waals surface area contributed by atoms with Crippen molar-refractivity contribution in [1.29, 1.82) is 0 Å². The summed E-state index contributed by atoms with van der Waals surface area (Å²) in [7, 11) is -4.36. The van der Waals surface area contributed by atoms with Crippen molar-refractivity contribution in [2.75, 3.05) is 26.0 Å². The van der Waals surface area contributed by atoms with Crippen LogP contribution >= 0.6 is 0 Å². The molecule has 0 aromatic heterocycles. The van der Waals surface area contributed by atoms with Crippen molar-refractivity contribution >= 4 is 17.0 Å². The number of nitrogens with zero attached hydrogens (tertiary/aromatic N) is 1. The third kappa shape index (κ3) is 6.14. The van der Waals surface area contributed by atoms with E-state index >= 15 is 0 Å². The Morgan fingerprint density at radius 2 is 1.28 bits per heavy atom. The molecule has 0 bridgehead atoms. The Morgan fingerprint density at radius 3 is 1.64 bits per heavy atom. The maximum absolute atomic E-state index is 6.21. The van der Waals surface area contributed by atoms with Gasteiger partial charge in [0.05, 0.1) is 6.17 Å². The average molecular weight is 390 g/mol. The van der Waals surface area contributed by atoms with Crippen LogP contribution < -0.4 is 0 Å². The van der Waals surface area contributed by atoms with Crippen molar-refractivity contribution < 1.29 is 13.3 Å². The summed E-state index contributed by atoms with van der Waals surface area (Å²) in [6, 6.07) is 0.655. The Labute approximate surface area is 159 Å². The zero-order valence-electron chi connectivity index (χ0n) is 18.1. The van der Waals surface area contributed by atoms with Crippen LogP contribution in [0.25, 0.3) is 0 Å². The highest BCUT2D eigenvalue weighted by Gasteiger charge is 2.51. The summed E-state index contributed by atoms with van der Waals surface area (Å²) in [6.45, 7) is 20.4. The molecule has 0 unspecified atom stereocenters. The van der Waals surface area contributed by atoms with Crippen LogP contribution in [0, 0.1) is 0 Å². The molecule has 1 aliphatic rings. The highest BCUT2D eigenvalue weighted by Crippen LogP contribution is 2.42. The zero-order chi connectivity index (χ0) is 19.1. The van der Waals surface area contributed by atoms with Crippen molar-refractivity contribution in [3.05, 3.63) is 0 Å². The Morgan fingerprint density at radius 1 is 0.840 bits per heavy atom. The van der Waals surface area contributed by atoms with E-state index in [9.17, 15) is 0 Å². The molecule has 1 fully saturated rings. The molecule has 1 aliphatic carbocycles. The van der Waals surface area contributed by atoms with Gasteiger partial charge in [0, 0.05) is 25.9 Å². The van der Waals surface area contributed by atoms with Crippen LogP contribution in [0.4, 0.5) is 0 Å². The van der Waals surface area contributed by atoms with Gasteiger partial charge in [-0.1, -0.05) is 53.1 Å². The molecule has 0 spiro atoms. The second-order valence-electron chi connectivity index (χ2n) is 8.71. The van der Waals surface area contributed by atoms with Crippen LogP contribution in [0.1, 0.15) is 73.6 Å². The summed E-state index contributed by atoms with van der Waals surface area (Å²) in [4.78, 5) is 0. The summed E-state index contributed by atoms with van der Waals surface area (Å²) in [5.74, 6) is 0. The van der Waals surface area contributed by atoms with Crippen molar-refractivity contribution in [3.8, 4) is 0 Å². The first-order valence-corrected chi connectivity index (χ1v) is 15.2. The van der Waals surface area contributed by atoms with E-state index in [2.05, 4.69) is 59.2 Å². The molecule has 0 aromatic rings. The van der Waals surface area contributed by atoms with E-state index in [1.807, 2.05) is 0 Å². The van der Waals surface area contributed by atoms with E-state index in [4.69, 9.17) is 13.3 Å².